The highest BCUT2D eigenvalue weighted by Crippen LogP contribution is 2.18. The third-order valence-corrected chi connectivity index (χ3v) is 2.90. The molecular weight excluding hydrogens is 213 g/mol. The fourth-order valence-corrected chi connectivity index (χ4v) is 1.56. The summed E-state index contributed by atoms with van der Waals surface area (Å²) in [7, 11) is 0. The molecule has 0 spiro atoms. The molecule has 3 heteroatoms. The Morgan fingerprint density at radius 2 is 2.07 bits per heavy atom. The van der Waals surface area contributed by atoms with E-state index in [9.17, 15) is 4.39 Å². The van der Waals surface area contributed by atoms with Crippen LogP contribution < -0.4 is 5.73 Å². The Balaban J connectivity index is 2.55. The second-order valence-corrected chi connectivity index (χ2v) is 4.60. The molecule has 1 nitrogen and oxygen atoms in total. The van der Waals surface area contributed by atoms with Gasteiger partial charge in [0, 0.05) is 6.04 Å². The largest absolute Gasteiger partial charge is 0.327 e. The van der Waals surface area contributed by atoms with Crippen LogP contribution in [-0.2, 0) is 6.42 Å². The fraction of sp³-hybridized carbons (Fsp3) is 0.500. The molecule has 0 aromatic heterocycles. The number of hydrogen-bond donors (Lipinski definition) is 1. The first-order chi connectivity index (χ1) is 7.00. The summed E-state index contributed by atoms with van der Waals surface area (Å²) < 4.78 is 12.9. The molecule has 0 aliphatic carbocycles. The summed E-state index contributed by atoms with van der Waals surface area (Å²) in [5.41, 5.74) is 6.96. The average Bonchev–Trinajstić information content (AvgIpc) is 2.19. The van der Waals surface area contributed by atoms with E-state index in [-0.39, 0.29) is 16.9 Å². The third kappa shape index (κ3) is 3.80. The van der Waals surface area contributed by atoms with Crippen LogP contribution in [0.2, 0.25) is 5.02 Å². The molecule has 1 aromatic carbocycles. The molecule has 0 saturated carbocycles. The normalized spacial score (nSPS) is 13.2. The minimum Gasteiger partial charge on any atom is -0.327 e. The molecule has 0 saturated heterocycles. The lowest BCUT2D eigenvalue weighted by molar-refractivity contribution is 0.464. The number of nitrogens with two attached hydrogens (primary N) is 1. The molecular formula is C12H17ClFN. The molecule has 1 unspecified atom stereocenters. The van der Waals surface area contributed by atoms with E-state index < -0.39 is 0 Å². The van der Waals surface area contributed by atoms with E-state index in [1.54, 1.807) is 12.1 Å². The number of hydrogen-bond acceptors (Lipinski definition) is 1. The van der Waals surface area contributed by atoms with Gasteiger partial charge in [-0.2, -0.15) is 0 Å². The minimum absolute atomic E-state index is 0.186. The van der Waals surface area contributed by atoms with Gasteiger partial charge in [-0.1, -0.05) is 31.5 Å². The summed E-state index contributed by atoms with van der Waals surface area (Å²) in [4.78, 5) is 0. The van der Waals surface area contributed by atoms with E-state index in [4.69, 9.17) is 17.3 Å². The molecule has 0 bridgehead atoms. The summed E-state index contributed by atoms with van der Waals surface area (Å²) in [5, 5.41) is 0.186. The molecule has 0 aliphatic heterocycles. The molecule has 0 amide bonds. The Hall–Kier alpha value is -0.600. The van der Waals surface area contributed by atoms with Crippen molar-refractivity contribution < 1.29 is 4.39 Å². The molecule has 0 aliphatic rings. The van der Waals surface area contributed by atoms with Crippen LogP contribution in [-0.4, -0.2) is 6.04 Å². The summed E-state index contributed by atoms with van der Waals surface area (Å²) in [6.07, 6.45) is 1.75. The lowest BCUT2D eigenvalue weighted by Crippen LogP contribution is -2.26. The smallest absolute Gasteiger partial charge is 0.141 e. The van der Waals surface area contributed by atoms with E-state index in [1.165, 1.54) is 6.07 Å². The predicted molar refractivity (Wildman–Crippen MR) is 62.5 cm³/mol. The van der Waals surface area contributed by atoms with Crippen LogP contribution in [0, 0.1) is 11.7 Å². The Kier molecular flexibility index (Phi) is 4.55. The maximum atomic E-state index is 12.9. The second-order valence-electron chi connectivity index (χ2n) is 4.20. The predicted octanol–water partition coefficient (Wildman–Crippen LogP) is 3.40. The molecule has 1 rings (SSSR count). The SMILES string of the molecule is CC(C)C(N)CCc1ccc(F)c(Cl)c1. The van der Waals surface area contributed by atoms with Crippen molar-refractivity contribution in [1.29, 1.82) is 0 Å². The summed E-state index contributed by atoms with van der Waals surface area (Å²) in [6.45, 7) is 4.20. The Labute approximate surface area is 95.4 Å². The number of rotatable bonds is 4. The van der Waals surface area contributed by atoms with E-state index in [0.717, 1.165) is 18.4 Å². The van der Waals surface area contributed by atoms with E-state index >= 15 is 0 Å². The second kappa shape index (κ2) is 5.47. The molecule has 0 fully saturated rings. The van der Waals surface area contributed by atoms with Gasteiger partial charge in [0.05, 0.1) is 5.02 Å². The standard InChI is InChI=1S/C12H17ClFN/c1-8(2)12(15)6-4-9-3-5-11(14)10(13)7-9/h3,5,7-8,12H,4,6,15H2,1-2H3. The quantitative estimate of drug-likeness (QED) is 0.842. The number of halogens is 2. The van der Waals surface area contributed by atoms with Gasteiger partial charge in [0.25, 0.3) is 0 Å². The molecule has 15 heavy (non-hydrogen) atoms. The topological polar surface area (TPSA) is 26.0 Å². The van der Waals surface area contributed by atoms with Crippen LogP contribution >= 0.6 is 11.6 Å². The van der Waals surface area contributed by atoms with Crippen LogP contribution in [0.1, 0.15) is 25.8 Å². The molecule has 1 aromatic rings. The lowest BCUT2D eigenvalue weighted by Gasteiger charge is -2.15. The fourth-order valence-electron chi connectivity index (χ4n) is 1.36. The van der Waals surface area contributed by atoms with Crippen molar-refractivity contribution in [3.05, 3.63) is 34.6 Å². The summed E-state index contributed by atoms with van der Waals surface area (Å²) >= 11 is 5.69. The first-order valence-corrected chi connectivity index (χ1v) is 5.58. The molecule has 1 atom stereocenters. The van der Waals surface area contributed by atoms with Gasteiger partial charge in [-0.15, -0.1) is 0 Å². The van der Waals surface area contributed by atoms with Gasteiger partial charge in [0.1, 0.15) is 5.82 Å². The monoisotopic (exact) mass is 229 g/mol. The first kappa shape index (κ1) is 12.5. The van der Waals surface area contributed by atoms with Crippen molar-refractivity contribution in [3.63, 3.8) is 0 Å². The zero-order chi connectivity index (χ0) is 11.4. The first-order valence-electron chi connectivity index (χ1n) is 5.20. The third-order valence-electron chi connectivity index (χ3n) is 2.61. The van der Waals surface area contributed by atoms with Crippen molar-refractivity contribution in [1.82, 2.24) is 0 Å². The highest BCUT2D eigenvalue weighted by atomic mass is 35.5. The molecule has 0 radical (unpaired) electrons. The van der Waals surface area contributed by atoms with Gasteiger partial charge in [-0.05, 0) is 36.5 Å². The van der Waals surface area contributed by atoms with Crippen molar-refractivity contribution >= 4 is 11.6 Å². The maximum absolute atomic E-state index is 12.9. The zero-order valence-electron chi connectivity index (χ0n) is 9.13. The van der Waals surface area contributed by atoms with Gasteiger partial charge >= 0.3 is 0 Å². The Morgan fingerprint density at radius 3 is 2.60 bits per heavy atom. The number of benzene rings is 1. The van der Waals surface area contributed by atoms with Gasteiger partial charge in [-0.3, -0.25) is 0 Å². The minimum atomic E-state index is -0.367. The highest BCUT2D eigenvalue weighted by Gasteiger charge is 2.08. The van der Waals surface area contributed by atoms with Crippen molar-refractivity contribution in [2.24, 2.45) is 11.7 Å². The summed E-state index contributed by atoms with van der Waals surface area (Å²) in [5.74, 6) is 0.106. The van der Waals surface area contributed by atoms with Crippen molar-refractivity contribution in [2.75, 3.05) is 0 Å². The van der Waals surface area contributed by atoms with Crippen LogP contribution in [0.4, 0.5) is 4.39 Å². The van der Waals surface area contributed by atoms with Gasteiger partial charge in [0.2, 0.25) is 0 Å². The van der Waals surface area contributed by atoms with E-state index in [2.05, 4.69) is 13.8 Å². The Morgan fingerprint density at radius 1 is 1.40 bits per heavy atom. The molecule has 84 valence electrons. The van der Waals surface area contributed by atoms with Crippen LogP contribution in [0.5, 0.6) is 0 Å². The maximum Gasteiger partial charge on any atom is 0.141 e. The molecule has 0 heterocycles. The summed E-state index contributed by atoms with van der Waals surface area (Å²) in [6, 6.07) is 5.02. The van der Waals surface area contributed by atoms with Crippen molar-refractivity contribution in [2.45, 2.75) is 32.7 Å². The highest BCUT2D eigenvalue weighted by molar-refractivity contribution is 6.30. The zero-order valence-corrected chi connectivity index (χ0v) is 9.89. The van der Waals surface area contributed by atoms with Gasteiger partial charge < -0.3 is 5.73 Å². The van der Waals surface area contributed by atoms with E-state index in [1.807, 2.05) is 0 Å². The van der Waals surface area contributed by atoms with Crippen molar-refractivity contribution in [3.8, 4) is 0 Å². The molecule has 2 N–H and O–H groups in total. The van der Waals surface area contributed by atoms with Gasteiger partial charge in [0.15, 0.2) is 0 Å². The van der Waals surface area contributed by atoms with Crippen LogP contribution in [0.15, 0.2) is 18.2 Å². The Bertz CT molecular complexity index is 325. The van der Waals surface area contributed by atoms with Gasteiger partial charge in [-0.25, -0.2) is 4.39 Å². The average molecular weight is 230 g/mol. The van der Waals surface area contributed by atoms with E-state index in [0.29, 0.717) is 5.92 Å². The number of aryl methyl sites for hydroxylation is 1. The van der Waals surface area contributed by atoms with Crippen LogP contribution in [0.25, 0.3) is 0 Å². The lowest BCUT2D eigenvalue weighted by atomic mass is 9.98. The van der Waals surface area contributed by atoms with Crippen LogP contribution in [0.3, 0.4) is 0 Å².